The average molecular weight is 294 g/mol. The van der Waals surface area contributed by atoms with E-state index >= 15 is 0 Å². The maximum atomic E-state index is 13.3. The zero-order chi connectivity index (χ0) is 15.0. The fraction of sp³-hybridized carbons (Fsp3) is 0.357. The van der Waals surface area contributed by atoms with Crippen LogP contribution < -0.4 is 4.90 Å². The first-order valence-electron chi connectivity index (χ1n) is 6.58. The summed E-state index contributed by atoms with van der Waals surface area (Å²) in [5, 5.41) is 0. The van der Waals surface area contributed by atoms with Gasteiger partial charge in [-0.3, -0.25) is 4.98 Å². The van der Waals surface area contributed by atoms with Crippen LogP contribution in [-0.4, -0.2) is 27.5 Å². The minimum atomic E-state index is -4.52. The van der Waals surface area contributed by atoms with Gasteiger partial charge >= 0.3 is 6.18 Å². The molecule has 2 aromatic rings. The van der Waals surface area contributed by atoms with Crippen molar-refractivity contribution in [3.8, 4) is 11.4 Å². The maximum Gasteiger partial charge on any atom is 0.435 e. The zero-order valence-corrected chi connectivity index (χ0v) is 11.3. The normalized spacial score (nSPS) is 18.5. The van der Waals surface area contributed by atoms with Crippen LogP contribution in [0.4, 0.5) is 18.9 Å². The highest BCUT2D eigenvalue weighted by atomic mass is 19.4. The lowest BCUT2D eigenvalue weighted by Gasteiger charge is -2.42. The van der Waals surface area contributed by atoms with E-state index in [2.05, 4.69) is 15.0 Å². The Bertz CT molecular complexity index is 642. The fourth-order valence-electron chi connectivity index (χ4n) is 2.40. The van der Waals surface area contributed by atoms with Crippen molar-refractivity contribution in [2.75, 3.05) is 11.4 Å². The van der Waals surface area contributed by atoms with Gasteiger partial charge in [-0.25, -0.2) is 9.97 Å². The van der Waals surface area contributed by atoms with Gasteiger partial charge in [0.1, 0.15) is 12.0 Å². The first-order valence-corrected chi connectivity index (χ1v) is 6.58. The lowest BCUT2D eigenvalue weighted by atomic mass is 10.0. The molecular formula is C14H13F3N4. The lowest BCUT2D eigenvalue weighted by Crippen LogP contribution is -2.47. The van der Waals surface area contributed by atoms with Gasteiger partial charge in [0.25, 0.3) is 0 Å². The summed E-state index contributed by atoms with van der Waals surface area (Å²) in [6, 6.07) is 5.12. The summed E-state index contributed by atoms with van der Waals surface area (Å²) in [6.07, 6.45) is -1.18. The third kappa shape index (κ3) is 2.43. The third-order valence-corrected chi connectivity index (χ3v) is 3.61. The molecule has 1 aliphatic heterocycles. The highest BCUT2D eigenvalue weighted by Gasteiger charge is 2.41. The predicted octanol–water partition coefficient (Wildman–Crippen LogP) is 3.16. The molecule has 0 aromatic carbocycles. The van der Waals surface area contributed by atoms with Gasteiger partial charge in [0, 0.05) is 18.8 Å². The number of hydrogen-bond donors (Lipinski definition) is 0. The van der Waals surface area contributed by atoms with Crippen molar-refractivity contribution >= 4 is 5.69 Å². The summed E-state index contributed by atoms with van der Waals surface area (Å²) >= 11 is 0. The van der Waals surface area contributed by atoms with Gasteiger partial charge in [0.2, 0.25) is 0 Å². The molecule has 4 nitrogen and oxygen atoms in total. The first-order chi connectivity index (χ1) is 9.98. The number of nitrogens with zero attached hydrogens (tertiary/aromatic N) is 4. The van der Waals surface area contributed by atoms with E-state index in [4.69, 9.17) is 0 Å². The highest BCUT2D eigenvalue weighted by Crippen LogP contribution is 2.42. The van der Waals surface area contributed by atoms with E-state index in [1.807, 2.05) is 6.92 Å². The Morgan fingerprint density at radius 1 is 1.19 bits per heavy atom. The van der Waals surface area contributed by atoms with E-state index in [9.17, 15) is 13.2 Å². The monoisotopic (exact) mass is 294 g/mol. The topological polar surface area (TPSA) is 41.9 Å². The molecule has 0 N–H and O–H groups in total. The second kappa shape index (κ2) is 4.98. The zero-order valence-electron chi connectivity index (χ0n) is 11.3. The van der Waals surface area contributed by atoms with E-state index in [1.54, 1.807) is 23.1 Å². The molecule has 0 bridgehead atoms. The van der Waals surface area contributed by atoms with Crippen molar-refractivity contribution in [2.45, 2.75) is 25.6 Å². The van der Waals surface area contributed by atoms with Crippen LogP contribution in [0.1, 0.15) is 19.0 Å². The molecule has 1 unspecified atom stereocenters. The molecule has 1 aliphatic rings. The fourth-order valence-corrected chi connectivity index (χ4v) is 2.40. The molecule has 0 aliphatic carbocycles. The average Bonchev–Trinajstić information content (AvgIpc) is 2.45. The third-order valence-electron chi connectivity index (χ3n) is 3.61. The van der Waals surface area contributed by atoms with Crippen LogP contribution in [0, 0.1) is 0 Å². The van der Waals surface area contributed by atoms with Crippen LogP contribution in [0.3, 0.4) is 0 Å². The summed E-state index contributed by atoms with van der Waals surface area (Å²) in [4.78, 5) is 13.3. The minimum absolute atomic E-state index is 0.0300. The van der Waals surface area contributed by atoms with Crippen LogP contribution in [0.15, 0.2) is 30.7 Å². The van der Waals surface area contributed by atoms with E-state index in [-0.39, 0.29) is 17.4 Å². The van der Waals surface area contributed by atoms with E-state index < -0.39 is 11.9 Å². The molecule has 0 amide bonds. The first kappa shape index (κ1) is 13.8. The SMILES string of the molecule is CC1CCN1c1c(-c2ccccn2)ncnc1C(F)(F)F. The molecule has 0 saturated carbocycles. The van der Waals surface area contributed by atoms with E-state index in [0.29, 0.717) is 12.2 Å². The van der Waals surface area contributed by atoms with Crippen molar-refractivity contribution in [1.29, 1.82) is 0 Å². The number of rotatable bonds is 2. The summed E-state index contributed by atoms with van der Waals surface area (Å²) in [6.45, 7) is 2.45. The molecule has 21 heavy (non-hydrogen) atoms. The predicted molar refractivity (Wildman–Crippen MR) is 71.7 cm³/mol. The second-order valence-electron chi connectivity index (χ2n) is 4.96. The Hall–Kier alpha value is -2.18. The Morgan fingerprint density at radius 3 is 2.52 bits per heavy atom. The quantitative estimate of drug-likeness (QED) is 0.853. The smallest absolute Gasteiger partial charge is 0.365 e. The number of anilines is 1. The van der Waals surface area contributed by atoms with Crippen molar-refractivity contribution in [2.24, 2.45) is 0 Å². The molecule has 1 atom stereocenters. The molecular weight excluding hydrogens is 281 g/mol. The second-order valence-corrected chi connectivity index (χ2v) is 4.96. The van der Waals surface area contributed by atoms with Gasteiger partial charge in [-0.15, -0.1) is 0 Å². The maximum absolute atomic E-state index is 13.3. The molecule has 110 valence electrons. The van der Waals surface area contributed by atoms with Gasteiger partial charge in [-0.2, -0.15) is 13.2 Å². The lowest BCUT2D eigenvalue weighted by molar-refractivity contribution is -0.140. The van der Waals surface area contributed by atoms with Crippen LogP contribution in [0.5, 0.6) is 0 Å². The minimum Gasteiger partial charge on any atom is -0.365 e. The molecule has 2 aromatic heterocycles. The van der Waals surface area contributed by atoms with Crippen molar-refractivity contribution in [3.63, 3.8) is 0 Å². The summed E-state index contributed by atoms with van der Waals surface area (Å²) < 4.78 is 39.8. The summed E-state index contributed by atoms with van der Waals surface area (Å²) in [7, 11) is 0. The molecule has 0 spiro atoms. The van der Waals surface area contributed by atoms with Crippen LogP contribution >= 0.6 is 0 Å². The number of pyridine rings is 1. The molecule has 7 heteroatoms. The van der Waals surface area contributed by atoms with Gasteiger partial charge < -0.3 is 4.90 Å². The Labute approximate surface area is 119 Å². The molecule has 1 fully saturated rings. The largest absolute Gasteiger partial charge is 0.435 e. The number of hydrogen-bond acceptors (Lipinski definition) is 4. The van der Waals surface area contributed by atoms with Crippen LogP contribution in [0.2, 0.25) is 0 Å². The van der Waals surface area contributed by atoms with Gasteiger partial charge in [0.05, 0.1) is 11.4 Å². The Balaban J connectivity index is 2.20. The van der Waals surface area contributed by atoms with Crippen molar-refractivity contribution in [1.82, 2.24) is 15.0 Å². The van der Waals surface area contributed by atoms with Gasteiger partial charge in [-0.1, -0.05) is 6.07 Å². The summed E-state index contributed by atoms with van der Waals surface area (Å²) in [5.74, 6) is 0. The van der Waals surface area contributed by atoms with Gasteiger partial charge in [-0.05, 0) is 25.5 Å². The molecule has 3 rings (SSSR count). The van der Waals surface area contributed by atoms with E-state index in [0.717, 1.165) is 12.7 Å². The Morgan fingerprint density at radius 2 is 2.00 bits per heavy atom. The number of halogens is 3. The van der Waals surface area contributed by atoms with Crippen LogP contribution in [0.25, 0.3) is 11.4 Å². The summed E-state index contributed by atoms with van der Waals surface area (Å²) in [5.41, 5.74) is -0.226. The van der Waals surface area contributed by atoms with Gasteiger partial charge in [0.15, 0.2) is 5.69 Å². The molecule has 1 saturated heterocycles. The number of aromatic nitrogens is 3. The molecule has 0 radical (unpaired) electrons. The van der Waals surface area contributed by atoms with E-state index in [1.165, 1.54) is 6.20 Å². The van der Waals surface area contributed by atoms with Crippen molar-refractivity contribution < 1.29 is 13.2 Å². The number of alkyl halides is 3. The molecule has 3 heterocycles. The standard InChI is InChI=1S/C14H13F3N4/c1-9-5-7-21(9)12-11(10-4-2-3-6-18-10)19-8-20-13(12)14(15,16)17/h2-4,6,8-9H,5,7H2,1H3. The van der Waals surface area contributed by atoms with Crippen LogP contribution in [-0.2, 0) is 6.18 Å². The highest BCUT2D eigenvalue weighted by molar-refractivity contribution is 5.75. The Kier molecular flexibility index (Phi) is 3.27. The van der Waals surface area contributed by atoms with Crippen molar-refractivity contribution in [3.05, 3.63) is 36.4 Å².